The summed E-state index contributed by atoms with van der Waals surface area (Å²) in [7, 11) is -2.83. The topological polar surface area (TPSA) is 120 Å². The quantitative estimate of drug-likeness (QED) is 0.368. The maximum Gasteiger partial charge on any atom is 0.251 e. The second-order valence-corrected chi connectivity index (χ2v) is 11.8. The molecule has 1 aliphatic heterocycles. The second kappa shape index (κ2) is 9.86. The van der Waals surface area contributed by atoms with Crippen LogP contribution < -0.4 is 10.1 Å². The molecule has 2 aliphatic rings. The number of carbonyl (C=O) groups excluding carboxylic acids is 1. The Hall–Kier alpha value is -4.03. The van der Waals surface area contributed by atoms with Crippen LogP contribution >= 0.6 is 0 Å². The van der Waals surface area contributed by atoms with Gasteiger partial charge >= 0.3 is 0 Å². The van der Waals surface area contributed by atoms with E-state index >= 15 is 0 Å². The molecule has 6 rings (SSSR count). The Balaban J connectivity index is 1.23. The summed E-state index contributed by atoms with van der Waals surface area (Å²) in [6.07, 6.45) is 3.03. The summed E-state index contributed by atoms with van der Waals surface area (Å²) in [5.41, 5.74) is 0.471. The summed E-state index contributed by atoms with van der Waals surface area (Å²) in [4.78, 5) is 26.0. The molecule has 206 valence electrons. The molecule has 9 nitrogen and oxygen atoms in total. The molecule has 0 radical (unpaired) electrons. The van der Waals surface area contributed by atoms with Crippen LogP contribution in [0.3, 0.4) is 0 Å². The fourth-order valence-electron chi connectivity index (χ4n) is 4.68. The average Bonchev–Trinajstić information content (AvgIpc) is 3.78. The van der Waals surface area contributed by atoms with Crippen molar-refractivity contribution in [1.82, 2.24) is 20.3 Å². The van der Waals surface area contributed by atoms with Crippen LogP contribution in [0.4, 0.5) is 8.78 Å². The van der Waals surface area contributed by atoms with E-state index in [1.54, 1.807) is 19.4 Å². The van der Waals surface area contributed by atoms with Crippen molar-refractivity contribution in [1.29, 1.82) is 0 Å². The minimum absolute atomic E-state index is 0.0432. The number of fused-ring (bicyclic) bond motifs is 2. The molecule has 1 aliphatic carbocycles. The zero-order valence-corrected chi connectivity index (χ0v) is 22.2. The van der Waals surface area contributed by atoms with Crippen molar-refractivity contribution in [3.63, 3.8) is 0 Å². The van der Waals surface area contributed by atoms with Gasteiger partial charge in [0, 0.05) is 30.7 Å². The first-order valence-electron chi connectivity index (χ1n) is 12.6. The van der Waals surface area contributed by atoms with E-state index in [9.17, 15) is 22.0 Å². The van der Waals surface area contributed by atoms with Gasteiger partial charge in [-0.25, -0.2) is 27.2 Å². The standard InChI is InChI=1S/C28H24F2N4O5S/c1-38-28(8-9-28)24-4-2-3-20(34-24)21-6-5-16-14-31-18(13-22(16)33-21)15-32-27(35)17-11-19(29)26-23(12-17)40(36,37)25(30)7-10-39-26/h2-6,11-14,25H,7-10,15H2,1H3,(H,32,35)/t25-/m1/s1. The number of alkyl halides is 1. The third-order valence-corrected chi connectivity index (χ3v) is 8.97. The number of benzene rings is 1. The van der Waals surface area contributed by atoms with E-state index in [1.807, 2.05) is 30.3 Å². The first-order chi connectivity index (χ1) is 19.2. The molecule has 1 N–H and O–H groups in total. The van der Waals surface area contributed by atoms with Crippen molar-refractivity contribution < 1.29 is 31.5 Å². The largest absolute Gasteiger partial charge is 0.489 e. The highest BCUT2D eigenvalue weighted by atomic mass is 32.2. The second-order valence-electron chi connectivity index (χ2n) is 9.73. The smallest absolute Gasteiger partial charge is 0.251 e. The highest BCUT2D eigenvalue weighted by molar-refractivity contribution is 7.92. The molecule has 1 fully saturated rings. The lowest BCUT2D eigenvalue weighted by atomic mass is 10.1. The van der Waals surface area contributed by atoms with Gasteiger partial charge in [-0.1, -0.05) is 6.07 Å². The van der Waals surface area contributed by atoms with Crippen LogP contribution in [0.15, 0.2) is 59.6 Å². The van der Waals surface area contributed by atoms with E-state index in [2.05, 4.69) is 10.3 Å². The van der Waals surface area contributed by atoms with Crippen molar-refractivity contribution >= 4 is 26.6 Å². The van der Waals surface area contributed by atoms with Gasteiger partial charge in [0.1, 0.15) is 10.5 Å². The van der Waals surface area contributed by atoms with Crippen LogP contribution in [0.25, 0.3) is 22.3 Å². The molecule has 1 atom stereocenters. The van der Waals surface area contributed by atoms with E-state index in [0.29, 0.717) is 22.6 Å². The first kappa shape index (κ1) is 26.2. The van der Waals surface area contributed by atoms with Crippen LogP contribution in [-0.2, 0) is 26.7 Å². The number of ether oxygens (including phenoxy) is 2. The first-order valence-corrected chi connectivity index (χ1v) is 14.2. The Morgan fingerprint density at radius 1 is 1.15 bits per heavy atom. The molecule has 1 saturated carbocycles. The summed E-state index contributed by atoms with van der Waals surface area (Å²) >= 11 is 0. The number of hydrogen-bond donors (Lipinski definition) is 1. The van der Waals surface area contributed by atoms with E-state index in [4.69, 9.17) is 19.4 Å². The molecule has 40 heavy (non-hydrogen) atoms. The van der Waals surface area contributed by atoms with E-state index < -0.39 is 44.1 Å². The molecular weight excluding hydrogens is 542 g/mol. The molecule has 1 aromatic carbocycles. The van der Waals surface area contributed by atoms with Crippen molar-refractivity contribution in [2.24, 2.45) is 0 Å². The van der Waals surface area contributed by atoms with Gasteiger partial charge < -0.3 is 14.8 Å². The van der Waals surface area contributed by atoms with E-state index in [0.717, 1.165) is 36.1 Å². The number of rotatable bonds is 6. The molecule has 0 spiro atoms. The Morgan fingerprint density at radius 2 is 1.95 bits per heavy atom. The summed E-state index contributed by atoms with van der Waals surface area (Å²) in [6.45, 7) is -0.340. The minimum atomic E-state index is -4.51. The molecular formula is C28H24F2N4O5S. The summed E-state index contributed by atoms with van der Waals surface area (Å²) in [6, 6.07) is 13.0. The van der Waals surface area contributed by atoms with E-state index in [1.165, 1.54) is 0 Å². The van der Waals surface area contributed by atoms with Crippen molar-refractivity contribution in [2.75, 3.05) is 13.7 Å². The number of sulfone groups is 1. The van der Waals surface area contributed by atoms with Crippen LogP contribution in [0, 0.1) is 5.82 Å². The van der Waals surface area contributed by atoms with Gasteiger partial charge in [-0.3, -0.25) is 9.78 Å². The molecule has 4 aromatic rings. The normalized spacial score (nSPS) is 18.8. The van der Waals surface area contributed by atoms with Crippen LogP contribution in [0.1, 0.15) is 41.0 Å². The number of halogens is 2. The van der Waals surface area contributed by atoms with Gasteiger partial charge in [0.25, 0.3) is 5.91 Å². The molecule has 0 bridgehead atoms. The highest BCUT2D eigenvalue weighted by Gasteiger charge is 2.46. The molecule has 3 aromatic heterocycles. The number of methoxy groups -OCH3 is 1. The molecule has 0 unspecified atom stereocenters. The highest BCUT2D eigenvalue weighted by Crippen LogP contribution is 2.48. The Morgan fingerprint density at radius 3 is 2.73 bits per heavy atom. The van der Waals surface area contributed by atoms with E-state index in [-0.39, 0.29) is 24.3 Å². The van der Waals surface area contributed by atoms with Crippen LogP contribution in [-0.4, -0.2) is 48.5 Å². The van der Waals surface area contributed by atoms with Gasteiger partial charge in [0.2, 0.25) is 15.3 Å². The lowest BCUT2D eigenvalue weighted by Crippen LogP contribution is -2.24. The molecule has 4 heterocycles. The fourth-order valence-corrected chi connectivity index (χ4v) is 6.07. The molecule has 0 saturated heterocycles. The number of carbonyl (C=O) groups is 1. The third kappa shape index (κ3) is 4.66. The SMILES string of the molecule is COC1(c2cccc(-c3ccc4cnc(CNC(=O)c5cc(F)c6c(c5)S(=O)(=O)[C@@H](F)CCO6)cc4n3)n2)CC1. The molecule has 1 amide bonds. The van der Waals surface area contributed by atoms with Crippen LogP contribution in [0.5, 0.6) is 5.75 Å². The number of nitrogens with zero attached hydrogens (tertiary/aromatic N) is 3. The predicted octanol–water partition coefficient (Wildman–Crippen LogP) is 4.25. The summed E-state index contributed by atoms with van der Waals surface area (Å²) in [5.74, 6) is -2.39. The van der Waals surface area contributed by atoms with Gasteiger partial charge in [-0.2, -0.15) is 0 Å². The summed E-state index contributed by atoms with van der Waals surface area (Å²) in [5, 5.41) is 3.38. The fraction of sp³-hybridized carbons (Fsp3) is 0.286. The zero-order valence-electron chi connectivity index (χ0n) is 21.4. The van der Waals surface area contributed by atoms with Crippen molar-refractivity contribution in [2.45, 2.75) is 41.8 Å². The Bertz CT molecular complexity index is 1760. The lowest BCUT2D eigenvalue weighted by Gasteiger charge is -2.13. The predicted molar refractivity (Wildman–Crippen MR) is 140 cm³/mol. The van der Waals surface area contributed by atoms with Gasteiger partial charge in [-0.15, -0.1) is 0 Å². The zero-order chi connectivity index (χ0) is 28.1. The van der Waals surface area contributed by atoms with Crippen molar-refractivity contribution in [3.05, 3.63) is 77.5 Å². The van der Waals surface area contributed by atoms with Crippen LogP contribution in [0.2, 0.25) is 0 Å². The Kier molecular flexibility index (Phi) is 6.46. The number of pyridine rings is 3. The third-order valence-electron chi connectivity index (χ3n) is 7.14. The monoisotopic (exact) mass is 566 g/mol. The Labute approximate surface area is 228 Å². The lowest BCUT2D eigenvalue weighted by molar-refractivity contribution is 0.0753. The number of nitrogens with one attached hydrogen (secondary N) is 1. The van der Waals surface area contributed by atoms with Gasteiger partial charge in [0.15, 0.2) is 11.6 Å². The number of aromatic nitrogens is 3. The summed E-state index contributed by atoms with van der Waals surface area (Å²) < 4.78 is 64.6. The maximum atomic E-state index is 14.6. The maximum absolute atomic E-state index is 14.6. The van der Waals surface area contributed by atoms with Gasteiger partial charge in [-0.05, 0) is 55.3 Å². The van der Waals surface area contributed by atoms with Gasteiger partial charge in [0.05, 0.1) is 41.4 Å². The van der Waals surface area contributed by atoms with Crippen molar-refractivity contribution in [3.8, 4) is 17.1 Å². The molecule has 12 heteroatoms. The minimum Gasteiger partial charge on any atom is -0.489 e. The number of hydrogen-bond acceptors (Lipinski definition) is 8. The average molecular weight is 567 g/mol. The number of amides is 1.